The van der Waals surface area contributed by atoms with E-state index in [1.165, 1.54) is 30.6 Å². The second-order valence-corrected chi connectivity index (χ2v) is 6.77. The fourth-order valence-electron chi connectivity index (χ4n) is 2.91. The van der Waals surface area contributed by atoms with Gasteiger partial charge < -0.3 is 11.1 Å². The first kappa shape index (κ1) is 15.4. The van der Waals surface area contributed by atoms with E-state index in [0.717, 1.165) is 29.7 Å². The van der Waals surface area contributed by atoms with Crippen LogP contribution < -0.4 is 11.1 Å². The number of rotatable bonds is 5. The minimum Gasteiger partial charge on any atom is -0.392 e. The molecule has 1 saturated carbocycles. The van der Waals surface area contributed by atoms with E-state index in [0.29, 0.717) is 10.9 Å². The highest BCUT2D eigenvalue weighted by Crippen LogP contribution is 2.27. The smallest absolute Gasteiger partial charge is 0.262 e. The minimum absolute atomic E-state index is 0.0276. The van der Waals surface area contributed by atoms with Crippen molar-refractivity contribution in [2.45, 2.75) is 51.5 Å². The molecule has 1 heterocycles. The Morgan fingerprint density at radius 1 is 1.50 bits per heavy atom. The number of carbonyl (C=O) groups excluding carboxylic acids is 1. The molecular formula is C15H22N2OS2. The minimum atomic E-state index is -0.162. The lowest BCUT2D eigenvalue weighted by Crippen LogP contribution is -2.48. The number of aryl methyl sites for hydroxylation is 1. The van der Waals surface area contributed by atoms with Crippen LogP contribution in [0.2, 0.25) is 0 Å². The van der Waals surface area contributed by atoms with Crippen LogP contribution in [0.3, 0.4) is 0 Å². The molecule has 2 rings (SSSR count). The van der Waals surface area contributed by atoms with Crippen LogP contribution in [0.15, 0.2) is 11.4 Å². The van der Waals surface area contributed by atoms with Crippen LogP contribution in [-0.4, -0.2) is 16.9 Å². The van der Waals surface area contributed by atoms with Gasteiger partial charge in [0.15, 0.2) is 0 Å². The van der Waals surface area contributed by atoms with Gasteiger partial charge in [-0.3, -0.25) is 4.79 Å². The molecule has 1 unspecified atom stereocenters. The number of hydrogen-bond acceptors (Lipinski definition) is 3. The van der Waals surface area contributed by atoms with Gasteiger partial charge in [-0.2, -0.15) is 0 Å². The molecule has 3 N–H and O–H groups in total. The molecule has 1 aromatic heterocycles. The quantitative estimate of drug-likeness (QED) is 0.821. The summed E-state index contributed by atoms with van der Waals surface area (Å²) in [4.78, 5) is 13.6. The van der Waals surface area contributed by atoms with Gasteiger partial charge in [-0.1, -0.05) is 38.4 Å². The summed E-state index contributed by atoms with van der Waals surface area (Å²) in [7, 11) is 0. The molecule has 1 amide bonds. The van der Waals surface area contributed by atoms with E-state index in [2.05, 4.69) is 12.2 Å². The van der Waals surface area contributed by atoms with Crippen LogP contribution in [0.25, 0.3) is 0 Å². The molecule has 1 fully saturated rings. The van der Waals surface area contributed by atoms with Gasteiger partial charge in [-0.15, -0.1) is 11.3 Å². The third-order valence-corrected chi connectivity index (χ3v) is 5.26. The third-order valence-electron chi connectivity index (χ3n) is 4.05. The second-order valence-electron chi connectivity index (χ2n) is 5.38. The summed E-state index contributed by atoms with van der Waals surface area (Å²) in [6, 6.07) is 1.85. The van der Waals surface area contributed by atoms with Crippen molar-refractivity contribution in [3.63, 3.8) is 0 Å². The van der Waals surface area contributed by atoms with Crippen molar-refractivity contribution in [1.29, 1.82) is 0 Å². The molecule has 0 spiro atoms. The van der Waals surface area contributed by atoms with Crippen LogP contribution in [0.1, 0.15) is 54.3 Å². The Hall–Kier alpha value is -0.940. The summed E-state index contributed by atoms with van der Waals surface area (Å²) in [5, 5.41) is 5.03. The van der Waals surface area contributed by atoms with E-state index in [1.807, 2.05) is 11.4 Å². The van der Waals surface area contributed by atoms with Crippen molar-refractivity contribution >= 4 is 34.5 Å². The molecular weight excluding hydrogens is 288 g/mol. The molecule has 0 bridgehead atoms. The Labute approximate surface area is 129 Å². The largest absolute Gasteiger partial charge is 0.392 e. The first-order valence-corrected chi connectivity index (χ1v) is 8.58. The average molecular weight is 310 g/mol. The molecule has 1 aliphatic rings. The predicted molar refractivity (Wildman–Crippen MR) is 88.3 cm³/mol. The van der Waals surface area contributed by atoms with Crippen molar-refractivity contribution in [1.82, 2.24) is 5.32 Å². The Bertz CT molecular complexity index is 478. The highest BCUT2D eigenvalue weighted by molar-refractivity contribution is 7.80. The number of thiocarbonyl (C=S) groups is 1. The van der Waals surface area contributed by atoms with Gasteiger partial charge in [-0.25, -0.2) is 0 Å². The number of nitrogens with two attached hydrogens (primary N) is 1. The van der Waals surface area contributed by atoms with E-state index >= 15 is 0 Å². The van der Waals surface area contributed by atoms with Crippen LogP contribution in [-0.2, 0) is 6.42 Å². The fourth-order valence-corrected chi connectivity index (χ4v) is 4.06. The molecule has 20 heavy (non-hydrogen) atoms. The normalized spacial score (nSPS) is 17.6. The Morgan fingerprint density at radius 2 is 2.20 bits per heavy atom. The molecule has 3 nitrogen and oxygen atoms in total. The van der Waals surface area contributed by atoms with Crippen molar-refractivity contribution in [3.8, 4) is 0 Å². The lowest BCUT2D eigenvalue weighted by atomic mass is 9.84. The van der Waals surface area contributed by atoms with Crippen molar-refractivity contribution in [3.05, 3.63) is 21.9 Å². The summed E-state index contributed by atoms with van der Waals surface area (Å²) in [5.74, 6) is 0.371. The molecule has 110 valence electrons. The SMILES string of the molecule is CCc1ccsc1C(=O)NC(C(N)=S)C1CCCCC1. The van der Waals surface area contributed by atoms with Gasteiger partial charge >= 0.3 is 0 Å². The zero-order chi connectivity index (χ0) is 14.5. The van der Waals surface area contributed by atoms with E-state index in [-0.39, 0.29) is 11.9 Å². The summed E-state index contributed by atoms with van der Waals surface area (Å²) < 4.78 is 0. The number of thiophene rings is 1. The summed E-state index contributed by atoms with van der Waals surface area (Å²) in [6.45, 7) is 2.06. The Kier molecular flexibility index (Phi) is 5.54. The van der Waals surface area contributed by atoms with E-state index in [1.54, 1.807) is 0 Å². The van der Waals surface area contributed by atoms with Gasteiger partial charge in [0.25, 0.3) is 5.91 Å². The second kappa shape index (κ2) is 7.18. The van der Waals surface area contributed by atoms with Gasteiger partial charge in [0.2, 0.25) is 0 Å². The molecule has 1 atom stereocenters. The average Bonchev–Trinajstić information content (AvgIpc) is 2.93. The first-order chi connectivity index (χ1) is 9.63. The zero-order valence-corrected chi connectivity index (χ0v) is 13.5. The summed E-state index contributed by atoms with van der Waals surface area (Å²) >= 11 is 6.66. The number of carbonyl (C=O) groups is 1. The Morgan fingerprint density at radius 3 is 2.80 bits per heavy atom. The van der Waals surface area contributed by atoms with Gasteiger partial charge in [0.05, 0.1) is 15.9 Å². The highest BCUT2D eigenvalue weighted by Gasteiger charge is 2.28. The molecule has 0 aromatic carbocycles. The topological polar surface area (TPSA) is 55.1 Å². The molecule has 1 aromatic rings. The maximum atomic E-state index is 12.4. The van der Waals surface area contributed by atoms with E-state index in [4.69, 9.17) is 18.0 Å². The van der Waals surface area contributed by atoms with E-state index in [9.17, 15) is 4.79 Å². The zero-order valence-electron chi connectivity index (χ0n) is 11.9. The molecule has 0 aliphatic heterocycles. The van der Waals surface area contributed by atoms with Crippen LogP contribution >= 0.6 is 23.6 Å². The standard InChI is InChI=1S/C15H22N2OS2/c1-2-10-8-9-20-13(10)15(18)17-12(14(16)19)11-6-4-3-5-7-11/h8-9,11-12H,2-7H2,1H3,(H2,16,19)(H,17,18). The highest BCUT2D eigenvalue weighted by atomic mass is 32.1. The fraction of sp³-hybridized carbons (Fsp3) is 0.600. The molecule has 1 aliphatic carbocycles. The van der Waals surface area contributed by atoms with Crippen molar-refractivity contribution in [2.24, 2.45) is 11.7 Å². The summed E-state index contributed by atoms with van der Waals surface area (Å²) in [5.41, 5.74) is 6.96. The van der Waals surface area contributed by atoms with Crippen molar-refractivity contribution in [2.75, 3.05) is 0 Å². The van der Waals surface area contributed by atoms with Gasteiger partial charge in [0.1, 0.15) is 0 Å². The predicted octanol–water partition coefficient (Wildman–Crippen LogP) is 3.28. The van der Waals surface area contributed by atoms with E-state index < -0.39 is 0 Å². The maximum Gasteiger partial charge on any atom is 0.262 e. The lowest BCUT2D eigenvalue weighted by Gasteiger charge is -2.30. The molecule has 0 saturated heterocycles. The summed E-state index contributed by atoms with van der Waals surface area (Å²) in [6.07, 6.45) is 6.77. The van der Waals surface area contributed by atoms with Gasteiger partial charge in [0, 0.05) is 0 Å². The third kappa shape index (κ3) is 3.58. The lowest BCUT2D eigenvalue weighted by molar-refractivity contribution is 0.0935. The van der Waals surface area contributed by atoms with Crippen LogP contribution in [0.4, 0.5) is 0 Å². The molecule has 5 heteroatoms. The molecule has 0 radical (unpaired) electrons. The van der Waals surface area contributed by atoms with Crippen LogP contribution in [0, 0.1) is 5.92 Å². The monoisotopic (exact) mass is 310 g/mol. The van der Waals surface area contributed by atoms with Crippen LogP contribution in [0.5, 0.6) is 0 Å². The number of amides is 1. The number of hydrogen-bond donors (Lipinski definition) is 2. The number of nitrogens with one attached hydrogen (secondary N) is 1. The van der Waals surface area contributed by atoms with Gasteiger partial charge in [-0.05, 0) is 42.2 Å². The Balaban J connectivity index is 2.08. The van der Waals surface area contributed by atoms with Crippen molar-refractivity contribution < 1.29 is 4.79 Å². The first-order valence-electron chi connectivity index (χ1n) is 7.30. The maximum absolute atomic E-state index is 12.4.